The van der Waals surface area contributed by atoms with Crippen molar-refractivity contribution in [3.8, 4) is 0 Å². The molecular weight excluding hydrogens is 228 g/mol. The maximum atomic E-state index is 12.1. The second-order valence-electron chi connectivity index (χ2n) is 4.09. The highest BCUT2D eigenvalue weighted by molar-refractivity contribution is 5.84. The lowest BCUT2D eigenvalue weighted by Crippen LogP contribution is -2.41. The van der Waals surface area contributed by atoms with Gasteiger partial charge in [-0.15, -0.1) is 0 Å². The van der Waals surface area contributed by atoms with Gasteiger partial charge in [0.2, 0.25) is 5.91 Å². The van der Waals surface area contributed by atoms with Gasteiger partial charge >= 0.3 is 0 Å². The summed E-state index contributed by atoms with van der Waals surface area (Å²) in [5.41, 5.74) is 1.76. The van der Waals surface area contributed by atoms with Gasteiger partial charge in [0.05, 0.1) is 23.8 Å². The normalized spacial score (nSPS) is 11.8. The third kappa shape index (κ3) is 3.61. The first-order valence-corrected chi connectivity index (χ1v) is 6.30. The van der Waals surface area contributed by atoms with E-state index in [0.29, 0.717) is 0 Å². The van der Waals surface area contributed by atoms with Crippen LogP contribution in [0.2, 0.25) is 0 Å². The molecule has 18 heavy (non-hydrogen) atoms. The van der Waals surface area contributed by atoms with Crippen LogP contribution in [0.1, 0.15) is 20.8 Å². The Labute approximate surface area is 109 Å². The van der Waals surface area contributed by atoms with Gasteiger partial charge in [-0.2, -0.15) is 0 Å². The van der Waals surface area contributed by atoms with E-state index in [1.165, 1.54) is 0 Å². The molecule has 0 aliphatic heterocycles. The van der Waals surface area contributed by atoms with Gasteiger partial charge in [-0.05, 0) is 26.8 Å². The van der Waals surface area contributed by atoms with Crippen molar-refractivity contribution in [3.05, 3.63) is 18.5 Å². The number of nitrogens with one attached hydrogen (secondary N) is 2. The third-order valence-electron chi connectivity index (χ3n) is 2.86. The molecule has 0 radical (unpaired) electrons. The first-order chi connectivity index (χ1) is 8.62. The van der Waals surface area contributed by atoms with Gasteiger partial charge in [0, 0.05) is 20.1 Å². The molecule has 0 spiro atoms. The molecule has 1 amide bonds. The summed E-state index contributed by atoms with van der Waals surface area (Å²) in [6.07, 6.45) is 3.45. The van der Waals surface area contributed by atoms with Crippen LogP contribution in [0.25, 0.3) is 0 Å². The average Bonchev–Trinajstić information content (AvgIpc) is 2.40. The minimum Gasteiger partial charge on any atom is -0.387 e. The summed E-state index contributed by atoms with van der Waals surface area (Å²) in [6.45, 7) is 7.30. The Morgan fingerprint density at radius 1 is 1.33 bits per heavy atom. The number of likely N-dealkylation sites (N-methyl/N-ethyl adjacent to an activating group) is 1. The number of pyridine rings is 1. The van der Waals surface area contributed by atoms with Crippen molar-refractivity contribution in [2.75, 3.05) is 30.8 Å². The number of amides is 1. The Morgan fingerprint density at radius 2 is 1.94 bits per heavy atom. The van der Waals surface area contributed by atoms with Crippen LogP contribution in [0.15, 0.2) is 18.5 Å². The monoisotopic (exact) mass is 250 g/mol. The molecule has 0 aromatic carbocycles. The number of hydrogen-bond donors (Lipinski definition) is 2. The van der Waals surface area contributed by atoms with Crippen molar-refractivity contribution >= 4 is 17.3 Å². The molecule has 2 N–H and O–H groups in total. The molecule has 1 aromatic rings. The molecule has 1 heterocycles. The Kier molecular flexibility index (Phi) is 5.42. The van der Waals surface area contributed by atoms with Crippen LogP contribution in [-0.4, -0.2) is 42.0 Å². The van der Waals surface area contributed by atoms with Crippen LogP contribution < -0.4 is 10.6 Å². The van der Waals surface area contributed by atoms with Crippen molar-refractivity contribution in [1.29, 1.82) is 0 Å². The van der Waals surface area contributed by atoms with Crippen molar-refractivity contribution in [3.63, 3.8) is 0 Å². The molecule has 1 aromatic heterocycles. The number of anilines is 2. The van der Waals surface area contributed by atoms with Crippen molar-refractivity contribution < 1.29 is 4.79 Å². The molecule has 1 unspecified atom stereocenters. The summed E-state index contributed by atoms with van der Waals surface area (Å²) in [5, 5.41) is 6.19. The van der Waals surface area contributed by atoms with E-state index in [-0.39, 0.29) is 11.9 Å². The van der Waals surface area contributed by atoms with Crippen LogP contribution in [0.5, 0.6) is 0 Å². The Bertz CT molecular complexity index is 390. The van der Waals surface area contributed by atoms with Crippen molar-refractivity contribution in [2.24, 2.45) is 0 Å². The van der Waals surface area contributed by atoms with Crippen molar-refractivity contribution in [1.82, 2.24) is 9.88 Å². The van der Waals surface area contributed by atoms with Gasteiger partial charge in [0.15, 0.2) is 0 Å². The van der Waals surface area contributed by atoms with Gasteiger partial charge in [-0.1, -0.05) is 0 Å². The number of carbonyl (C=O) groups excluding carboxylic acids is 1. The summed E-state index contributed by atoms with van der Waals surface area (Å²) in [6, 6.07) is 1.68. The lowest BCUT2D eigenvalue weighted by atomic mass is 10.2. The lowest BCUT2D eigenvalue weighted by Gasteiger charge is -2.24. The molecule has 1 rings (SSSR count). The summed E-state index contributed by atoms with van der Waals surface area (Å²) in [5.74, 6) is 0.106. The van der Waals surface area contributed by atoms with Crippen LogP contribution in [-0.2, 0) is 4.79 Å². The summed E-state index contributed by atoms with van der Waals surface area (Å²) >= 11 is 0. The molecule has 5 heteroatoms. The van der Waals surface area contributed by atoms with E-state index in [1.54, 1.807) is 12.4 Å². The Hall–Kier alpha value is -1.78. The first-order valence-electron chi connectivity index (χ1n) is 6.30. The number of rotatable bonds is 6. The van der Waals surface area contributed by atoms with Gasteiger partial charge < -0.3 is 15.5 Å². The van der Waals surface area contributed by atoms with E-state index in [0.717, 1.165) is 24.5 Å². The van der Waals surface area contributed by atoms with Crippen LogP contribution in [0.3, 0.4) is 0 Å². The minimum absolute atomic E-state index is 0.106. The third-order valence-corrected chi connectivity index (χ3v) is 2.86. The lowest BCUT2D eigenvalue weighted by molar-refractivity contribution is -0.131. The van der Waals surface area contributed by atoms with Crippen LogP contribution >= 0.6 is 0 Å². The van der Waals surface area contributed by atoms with Gasteiger partial charge in [-0.3, -0.25) is 9.78 Å². The Morgan fingerprint density at radius 3 is 2.50 bits per heavy atom. The zero-order chi connectivity index (χ0) is 13.5. The van der Waals surface area contributed by atoms with Crippen LogP contribution in [0, 0.1) is 0 Å². The first kappa shape index (κ1) is 14.3. The largest absolute Gasteiger partial charge is 0.387 e. The molecule has 0 aliphatic rings. The second kappa shape index (κ2) is 6.83. The number of carbonyl (C=O) groups is 1. The fourth-order valence-electron chi connectivity index (χ4n) is 1.78. The maximum Gasteiger partial charge on any atom is 0.244 e. The molecular formula is C13H22N4O. The highest BCUT2D eigenvalue weighted by Crippen LogP contribution is 2.13. The fraction of sp³-hybridized carbons (Fsp3) is 0.538. The summed E-state index contributed by atoms with van der Waals surface area (Å²) in [4.78, 5) is 18.0. The highest BCUT2D eigenvalue weighted by atomic mass is 16.2. The molecule has 0 bridgehead atoms. The fourth-order valence-corrected chi connectivity index (χ4v) is 1.78. The second-order valence-corrected chi connectivity index (χ2v) is 4.09. The average molecular weight is 250 g/mol. The van der Waals surface area contributed by atoms with Gasteiger partial charge in [-0.25, -0.2) is 0 Å². The predicted molar refractivity (Wildman–Crippen MR) is 74.8 cm³/mol. The standard InChI is InChI=1S/C13H22N4O/c1-5-17(6-2)13(18)10(3)16-12-7-11(14-4)8-15-9-12/h7-10,14,16H,5-6H2,1-4H3. The minimum atomic E-state index is -0.251. The molecule has 5 nitrogen and oxygen atoms in total. The summed E-state index contributed by atoms with van der Waals surface area (Å²) in [7, 11) is 1.84. The van der Waals surface area contributed by atoms with E-state index in [9.17, 15) is 4.79 Å². The quantitative estimate of drug-likeness (QED) is 0.808. The number of hydrogen-bond acceptors (Lipinski definition) is 4. The van der Waals surface area contributed by atoms with E-state index >= 15 is 0 Å². The molecule has 0 saturated heterocycles. The molecule has 0 aliphatic carbocycles. The van der Waals surface area contributed by atoms with Crippen molar-refractivity contribution in [2.45, 2.75) is 26.8 Å². The Balaban J connectivity index is 2.68. The predicted octanol–water partition coefficient (Wildman–Crippen LogP) is 1.79. The van der Waals surface area contributed by atoms with Crippen LogP contribution in [0.4, 0.5) is 11.4 Å². The zero-order valence-corrected chi connectivity index (χ0v) is 11.5. The smallest absolute Gasteiger partial charge is 0.244 e. The zero-order valence-electron chi connectivity index (χ0n) is 11.5. The van der Waals surface area contributed by atoms with E-state index in [2.05, 4.69) is 15.6 Å². The summed E-state index contributed by atoms with van der Waals surface area (Å²) < 4.78 is 0. The van der Waals surface area contributed by atoms with Gasteiger partial charge in [0.25, 0.3) is 0 Å². The maximum absolute atomic E-state index is 12.1. The van der Waals surface area contributed by atoms with E-state index < -0.39 is 0 Å². The number of aromatic nitrogens is 1. The number of nitrogens with zero attached hydrogens (tertiary/aromatic N) is 2. The van der Waals surface area contributed by atoms with Gasteiger partial charge in [0.1, 0.15) is 6.04 Å². The molecule has 0 saturated carbocycles. The van der Waals surface area contributed by atoms with E-state index in [1.807, 2.05) is 38.8 Å². The SMILES string of the molecule is CCN(CC)C(=O)C(C)Nc1cncc(NC)c1. The topological polar surface area (TPSA) is 57.3 Å². The molecule has 0 fully saturated rings. The highest BCUT2D eigenvalue weighted by Gasteiger charge is 2.17. The molecule has 1 atom stereocenters. The van der Waals surface area contributed by atoms with E-state index in [4.69, 9.17) is 0 Å². The molecule has 100 valence electrons.